The lowest BCUT2D eigenvalue weighted by atomic mass is 9.97. The molecule has 180 valence electrons. The molecule has 0 amide bonds. The molecule has 1 aromatic heterocycles. The maximum atomic E-state index is 10.9. The lowest BCUT2D eigenvalue weighted by Crippen LogP contribution is -2.24. The highest BCUT2D eigenvalue weighted by molar-refractivity contribution is 6.00. The van der Waals surface area contributed by atoms with E-state index in [1.807, 2.05) is 42.5 Å². The predicted molar refractivity (Wildman–Crippen MR) is 137 cm³/mol. The average Bonchev–Trinajstić information content (AvgIpc) is 3.14. The minimum atomic E-state index is -0.966. The number of amidine groups is 1. The summed E-state index contributed by atoms with van der Waals surface area (Å²) in [5.41, 5.74) is 3.55. The molecule has 1 aliphatic rings. The highest BCUT2D eigenvalue weighted by Crippen LogP contribution is 2.27. The first-order chi connectivity index (χ1) is 17.1. The van der Waals surface area contributed by atoms with Gasteiger partial charge in [0.15, 0.2) is 5.92 Å². The summed E-state index contributed by atoms with van der Waals surface area (Å²) in [6.45, 7) is 0. The van der Waals surface area contributed by atoms with Gasteiger partial charge in [-0.3, -0.25) is 14.8 Å². The van der Waals surface area contributed by atoms with Crippen LogP contribution in [0.1, 0.15) is 68.9 Å². The van der Waals surface area contributed by atoms with E-state index in [4.69, 9.17) is 10.1 Å². The largest absolute Gasteiger partial charge is 0.481 e. The number of hydrogen-bond donors (Lipinski definition) is 2. The van der Waals surface area contributed by atoms with E-state index in [1.54, 1.807) is 12.4 Å². The molecule has 0 saturated heterocycles. The molecule has 7 heteroatoms. The van der Waals surface area contributed by atoms with Gasteiger partial charge in [0.05, 0.1) is 18.2 Å². The van der Waals surface area contributed by atoms with Crippen LogP contribution in [0.2, 0.25) is 0 Å². The number of carbonyl (C=O) groups is 1. The summed E-state index contributed by atoms with van der Waals surface area (Å²) < 4.78 is 0. The maximum absolute atomic E-state index is 10.9. The van der Waals surface area contributed by atoms with Crippen LogP contribution < -0.4 is 5.32 Å². The van der Waals surface area contributed by atoms with Crippen LogP contribution >= 0.6 is 0 Å². The van der Waals surface area contributed by atoms with E-state index in [2.05, 4.69) is 22.4 Å². The number of aliphatic carboxylic acids is 1. The second kappa shape index (κ2) is 13.7. The van der Waals surface area contributed by atoms with E-state index >= 15 is 0 Å². The Hall–Kier alpha value is -3.97. The molecule has 2 N–H and O–H groups in total. The number of aromatic nitrogens is 1. The number of carboxylic acid groups (broad SMARTS) is 1. The van der Waals surface area contributed by atoms with Crippen LogP contribution in [-0.2, 0) is 4.79 Å². The summed E-state index contributed by atoms with van der Waals surface area (Å²) in [5.74, 6) is -1.38. The monoisotopic (exact) mass is 469 g/mol. The average molecular weight is 470 g/mol. The molecule has 0 spiro atoms. The van der Waals surface area contributed by atoms with Gasteiger partial charge in [-0.05, 0) is 55.0 Å². The standard InChI is InChI=1S/C28H31N5O2/c29-18-23(19-30)28(32-24-11-3-1-2-4-12-24)33-25-13-7-9-21(17-25)26(14-5-6-15-27(34)35)22-10-8-16-31-20-22/h7-10,13-14,16-17,20,23-24H,1-6,11-12,15H2,(H,32,33)(H,34,35)/b26-14+. The molecule has 0 aliphatic heterocycles. The van der Waals surface area contributed by atoms with Gasteiger partial charge in [0.25, 0.3) is 0 Å². The number of nitriles is 2. The topological polar surface area (TPSA) is 122 Å². The third-order valence-corrected chi connectivity index (χ3v) is 6.04. The molecule has 35 heavy (non-hydrogen) atoms. The van der Waals surface area contributed by atoms with Gasteiger partial charge in [-0.25, -0.2) is 0 Å². The molecule has 0 bridgehead atoms. The fraction of sp³-hybridized carbons (Fsp3) is 0.393. The highest BCUT2D eigenvalue weighted by Gasteiger charge is 2.19. The Morgan fingerprint density at radius 3 is 2.54 bits per heavy atom. The van der Waals surface area contributed by atoms with Crippen molar-refractivity contribution in [2.24, 2.45) is 10.9 Å². The van der Waals surface area contributed by atoms with Crippen molar-refractivity contribution in [1.29, 1.82) is 10.5 Å². The number of aliphatic imine (C=N–C) groups is 1. The number of hydrogen-bond acceptors (Lipinski definition) is 5. The fourth-order valence-corrected chi connectivity index (χ4v) is 4.25. The van der Waals surface area contributed by atoms with Gasteiger partial charge in [-0.1, -0.05) is 50.0 Å². The minimum absolute atomic E-state index is 0.114. The first-order valence-corrected chi connectivity index (χ1v) is 12.2. The third kappa shape index (κ3) is 8.08. The van der Waals surface area contributed by atoms with Crippen LogP contribution in [0.3, 0.4) is 0 Å². The number of nitrogens with one attached hydrogen (secondary N) is 1. The number of unbranched alkanes of at least 4 members (excludes halogenated alkanes) is 1. The quantitative estimate of drug-likeness (QED) is 0.202. The Bertz CT molecular complexity index is 1110. The van der Waals surface area contributed by atoms with Gasteiger partial charge in [-0.15, -0.1) is 0 Å². The molecule has 0 atom stereocenters. The van der Waals surface area contributed by atoms with Crippen LogP contribution in [0, 0.1) is 28.6 Å². The Morgan fingerprint density at radius 1 is 1.14 bits per heavy atom. The normalized spacial score (nSPS) is 15.2. The molecule has 1 saturated carbocycles. The van der Waals surface area contributed by atoms with E-state index in [9.17, 15) is 15.3 Å². The van der Waals surface area contributed by atoms with E-state index in [1.165, 1.54) is 12.8 Å². The molecule has 1 aromatic carbocycles. The van der Waals surface area contributed by atoms with Crippen molar-refractivity contribution < 1.29 is 9.90 Å². The Balaban J connectivity index is 1.89. The summed E-state index contributed by atoms with van der Waals surface area (Å²) >= 11 is 0. The Kier molecular flexibility index (Phi) is 10.0. The Labute approximate surface area is 206 Å². The molecule has 7 nitrogen and oxygen atoms in total. The third-order valence-electron chi connectivity index (χ3n) is 6.04. The molecule has 2 aromatic rings. The van der Waals surface area contributed by atoms with Gasteiger partial charge in [0.1, 0.15) is 5.84 Å². The zero-order valence-corrected chi connectivity index (χ0v) is 19.9. The van der Waals surface area contributed by atoms with E-state index in [0.717, 1.165) is 48.1 Å². The summed E-state index contributed by atoms with van der Waals surface area (Å²) in [5, 5.41) is 31.3. The van der Waals surface area contributed by atoms with Crippen molar-refractivity contribution in [2.75, 3.05) is 5.32 Å². The van der Waals surface area contributed by atoms with Gasteiger partial charge >= 0.3 is 5.97 Å². The predicted octanol–water partition coefficient (Wildman–Crippen LogP) is 5.96. The number of rotatable bonds is 9. The van der Waals surface area contributed by atoms with Crippen LogP contribution in [0.25, 0.3) is 5.57 Å². The second-order valence-corrected chi connectivity index (χ2v) is 8.70. The van der Waals surface area contributed by atoms with Gasteiger partial charge < -0.3 is 10.4 Å². The first kappa shape index (κ1) is 25.6. The molecule has 3 rings (SSSR count). The summed E-state index contributed by atoms with van der Waals surface area (Å²) in [7, 11) is 0. The smallest absolute Gasteiger partial charge is 0.303 e. The molecule has 0 radical (unpaired) electrons. The molecular formula is C28H31N5O2. The summed E-state index contributed by atoms with van der Waals surface area (Å²) in [6, 6.07) is 15.8. The molecule has 1 heterocycles. The van der Waals surface area contributed by atoms with Crippen LogP contribution in [0.5, 0.6) is 0 Å². The molecular weight excluding hydrogens is 438 g/mol. The summed E-state index contributed by atoms with van der Waals surface area (Å²) in [4.78, 5) is 20.0. The molecule has 0 unspecified atom stereocenters. The van der Waals surface area contributed by atoms with Crippen LogP contribution in [0.15, 0.2) is 59.9 Å². The molecule has 1 fully saturated rings. The maximum Gasteiger partial charge on any atom is 0.303 e. The highest BCUT2D eigenvalue weighted by atomic mass is 16.4. The van der Waals surface area contributed by atoms with E-state index in [-0.39, 0.29) is 12.5 Å². The number of pyridine rings is 1. The number of allylic oxidation sites excluding steroid dienone is 1. The van der Waals surface area contributed by atoms with Crippen molar-refractivity contribution in [3.05, 3.63) is 66.0 Å². The second-order valence-electron chi connectivity index (χ2n) is 8.70. The zero-order valence-electron chi connectivity index (χ0n) is 19.9. The first-order valence-electron chi connectivity index (χ1n) is 12.2. The Morgan fingerprint density at radius 2 is 1.89 bits per heavy atom. The van der Waals surface area contributed by atoms with Crippen molar-refractivity contribution in [3.63, 3.8) is 0 Å². The van der Waals surface area contributed by atoms with Crippen molar-refractivity contribution >= 4 is 23.1 Å². The van der Waals surface area contributed by atoms with Crippen molar-refractivity contribution in [3.8, 4) is 12.1 Å². The number of benzene rings is 1. The van der Waals surface area contributed by atoms with Crippen LogP contribution in [0.4, 0.5) is 5.69 Å². The van der Waals surface area contributed by atoms with Crippen molar-refractivity contribution in [2.45, 2.75) is 63.8 Å². The number of anilines is 1. The van der Waals surface area contributed by atoms with Crippen LogP contribution in [-0.4, -0.2) is 27.9 Å². The lowest BCUT2D eigenvalue weighted by molar-refractivity contribution is -0.137. The minimum Gasteiger partial charge on any atom is -0.481 e. The van der Waals surface area contributed by atoms with Gasteiger partial charge in [0, 0.05) is 30.1 Å². The van der Waals surface area contributed by atoms with Gasteiger partial charge in [0.2, 0.25) is 0 Å². The fourth-order valence-electron chi connectivity index (χ4n) is 4.25. The van der Waals surface area contributed by atoms with E-state index in [0.29, 0.717) is 18.7 Å². The van der Waals surface area contributed by atoms with E-state index < -0.39 is 11.9 Å². The SMILES string of the molecule is N#CC(C#N)C(=NC1CCCCCC1)Nc1cccc(/C(=C\CCCC(=O)O)c2cccnc2)c1. The van der Waals surface area contributed by atoms with Gasteiger partial charge in [-0.2, -0.15) is 10.5 Å². The molecule has 1 aliphatic carbocycles. The zero-order chi connectivity index (χ0) is 24.9. The summed E-state index contributed by atoms with van der Waals surface area (Å²) in [6.07, 6.45) is 13.4. The van der Waals surface area contributed by atoms with Crippen molar-refractivity contribution in [1.82, 2.24) is 4.98 Å². The number of nitrogens with zero attached hydrogens (tertiary/aromatic N) is 4. The number of carboxylic acids is 1. The lowest BCUT2D eigenvalue weighted by Gasteiger charge is -2.16.